The fraction of sp³-hybridized carbons (Fsp3) is 0.0179. The molecular weight excluding hydrogens is 717 g/mol. The molecule has 0 unspecified atom stereocenters. The summed E-state index contributed by atoms with van der Waals surface area (Å²) in [5, 5.41) is 11.0. The van der Waals surface area contributed by atoms with Crippen LogP contribution in [0.3, 0.4) is 0 Å². The van der Waals surface area contributed by atoms with Gasteiger partial charge in [0.2, 0.25) is 5.90 Å². The molecule has 0 aliphatic heterocycles. The lowest BCUT2D eigenvalue weighted by Gasteiger charge is -2.15. The van der Waals surface area contributed by atoms with Crippen LogP contribution in [0.2, 0.25) is 0 Å². The lowest BCUT2D eigenvalue weighted by molar-refractivity contribution is 0.291. The molecule has 0 atom stereocenters. The second-order valence-corrected chi connectivity index (χ2v) is 14.9. The Bertz CT molecular complexity index is 3080. The largest absolute Gasteiger partial charge is 0.473 e. The highest BCUT2D eigenvalue weighted by Crippen LogP contribution is 2.41. The summed E-state index contributed by atoms with van der Waals surface area (Å²) < 4.78 is 8.21. The minimum Gasteiger partial charge on any atom is -0.473 e. The Kier molecular flexibility index (Phi) is 9.46. The van der Waals surface area contributed by atoms with E-state index in [2.05, 4.69) is 187 Å². The van der Waals surface area contributed by atoms with Gasteiger partial charge in [0.15, 0.2) is 0 Å². The summed E-state index contributed by atoms with van der Waals surface area (Å²) in [5.41, 5.74) is 16.9. The summed E-state index contributed by atoms with van der Waals surface area (Å²) in [6, 6.07) is 79.3. The highest BCUT2D eigenvalue weighted by atomic mass is 16.5. The number of aromatic nitrogens is 1. The Morgan fingerprint density at radius 2 is 0.797 bits per heavy atom. The van der Waals surface area contributed by atoms with E-state index in [-0.39, 0.29) is 5.90 Å². The smallest absolute Gasteiger partial charge is 0.213 e. The van der Waals surface area contributed by atoms with Gasteiger partial charge in [0.1, 0.15) is 6.61 Å². The van der Waals surface area contributed by atoms with Gasteiger partial charge in [0.25, 0.3) is 0 Å². The maximum Gasteiger partial charge on any atom is 0.213 e. The van der Waals surface area contributed by atoms with Crippen LogP contribution < -0.4 is 0 Å². The SMILES string of the molecule is N=C(OCc1ccccc1)c1ccc(-c2ccccc2-c2ccccc2-c2ccc3c(c2)c2cc(-c4ccc(-c5ccccc5)cc4)ccc2n3-c2ccccc2)cc1. The zero-order valence-electron chi connectivity index (χ0n) is 32.4. The zero-order chi connectivity index (χ0) is 39.5. The molecule has 1 heterocycles. The van der Waals surface area contributed by atoms with E-state index in [1.54, 1.807) is 0 Å². The first kappa shape index (κ1) is 35.6. The third-order valence-electron chi connectivity index (χ3n) is 11.2. The van der Waals surface area contributed by atoms with Crippen LogP contribution in [0.15, 0.2) is 224 Å². The van der Waals surface area contributed by atoms with Gasteiger partial charge in [-0.2, -0.15) is 0 Å². The van der Waals surface area contributed by atoms with Gasteiger partial charge in [-0.05, 0) is 110 Å². The molecule has 3 nitrogen and oxygen atoms in total. The van der Waals surface area contributed by atoms with Crippen molar-refractivity contribution in [2.45, 2.75) is 6.61 Å². The van der Waals surface area contributed by atoms with Crippen molar-refractivity contribution in [3.63, 3.8) is 0 Å². The molecule has 0 radical (unpaired) electrons. The molecule has 3 heteroatoms. The van der Waals surface area contributed by atoms with Crippen molar-refractivity contribution in [1.29, 1.82) is 5.41 Å². The molecule has 0 bridgehead atoms. The van der Waals surface area contributed by atoms with Gasteiger partial charge in [-0.3, -0.25) is 5.41 Å². The van der Waals surface area contributed by atoms with Crippen molar-refractivity contribution < 1.29 is 4.74 Å². The summed E-state index contributed by atoms with van der Waals surface area (Å²) in [6.07, 6.45) is 0. The molecule has 10 rings (SSSR count). The molecule has 0 spiro atoms. The number of para-hydroxylation sites is 1. The quantitative estimate of drug-likeness (QED) is 0.116. The lowest BCUT2D eigenvalue weighted by Crippen LogP contribution is -2.05. The minimum absolute atomic E-state index is 0.163. The molecule has 0 saturated carbocycles. The van der Waals surface area contributed by atoms with Crippen molar-refractivity contribution in [1.82, 2.24) is 4.57 Å². The van der Waals surface area contributed by atoms with Crippen LogP contribution in [0.25, 0.3) is 83.1 Å². The molecule has 0 saturated heterocycles. The van der Waals surface area contributed by atoms with E-state index in [1.165, 1.54) is 49.6 Å². The van der Waals surface area contributed by atoms with Crippen LogP contribution in [-0.2, 0) is 11.3 Å². The van der Waals surface area contributed by atoms with Crippen molar-refractivity contribution in [3.8, 4) is 61.3 Å². The first-order valence-corrected chi connectivity index (χ1v) is 20.0. The number of benzene rings is 9. The number of nitrogens with one attached hydrogen (secondary N) is 1. The average molecular weight is 757 g/mol. The maximum atomic E-state index is 8.58. The Hall–Kier alpha value is -7.75. The summed E-state index contributed by atoms with van der Waals surface area (Å²) >= 11 is 0. The number of fused-ring (bicyclic) bond motifs is 3. The molecular formula is C56H40N2O. The highest BCUT2D eigenvalue weighted by Gasteiger charge is 2.17. The number of hydrogen-bond donors (Lipinski definition) is 1. The Morgan fingerprint density at radius 1 is 0.373 bits per heavy atom. The van der Waals surface area contributed by atoms with Crippen molar-refractivity contribution in [2.24, 2.45) is 0 Å². The number of ether oxygens (including phenoxy) is 1. The molecule has 0 fully saturated rings. The van der Waals surface area contributed by atoms with Crippen LogP contribution in [0.1, 0.15) is 11.1 Å². The van der Waals surface area contributed by atoms with Crippen LogP contribution in [-0.4, -0.2) is 10.5 Å². The molecule has 0 aliphatic rings. The van der Waals surface area contributed by atoms with E-state index in [4.69, 9.17) is 10.1 Å². The van der Waals surface area contributed by atoms with Gasteiger partial charge in [0, 0.05) is 22.0 Å². The minimum atomic E-state index is 0.163. The molecule has 0 aliphatic carbocycles. The van der Waals surface area contributed by atoms with Crippen molar-refractivity contribution in [3.05, 3.63) is 236 Å². The lowest BCUT2D eigenvalue weighted by atomic mass is 9.89. The number of nitrogens with zero attached hydrogens (tertiary/aromatic N) is 1. The number of rotatable bonds is 9. The molecule has 59 heavy (non-hydrogen) atoms. The highest BCUT2D eigenvalue weighted by molar-refractivity contribution is 6.12. The maximum absolute atomic E-state index is 8.58. The third kappa shape index (κ3) is 7.00. The molecule has 10 aromatic rings. The summed E-state index contributed by atoms with van der Waals surface area (Å²) in [5.74, 6) is 0.163. The number of hydrogen-bond acceptors (Lipinski definition) is 2. The summed E-state index contributed by atoms with van der Waals surface area (Å²) in [4.78, 5) is 0. The molecule has 9 aromatic carbocycles. The fourth-order valence-electron chi connectivity index (χ4n) is 8.27. The van der Waals surface area contributed by atoms with Crippen molar-refractivity contribution in [2.75, 3.05) is 0 Å². The van der Waals surface area contributed by atoms with Crippen molar-refractivity contribution >= 4 is 27.7 Å². The fourth-order valence-corrected chi connectivity index (χ4v) is 8.27. The third-order valence-corrected chi connectivity index (χ3v) is 11.2. The van der Waals surface area contributed by atoms with E-state index >= 15 is 0 Å². The van der Waals surface area contributed by atoms with Crippen LogP contribution in [0.4, 0.5) is 0 Å². The topological polar surface area (TPSA) is 38.0 Å². The monoisotopic (exact) mass is 756 g/mol. The summed E-state index contributed by atoms with van der Waals surface area (Å²) in [7, 11) is 0. The van der Waals surface area contributed by atoms with Gasteiger partial charge in [0.05, 0.1) is 11.0 Å². The Balaban J connectivity index is 1.03. The van der Waals surface area contributed by atoms with Gasteiger partial charge >= 0.3 is 0 Å². The van der Waals surface area contributed by atoms with Gasteiger partial charge < -0.3 is 9.30 Å². The average Bonchev–Trinajstić information content (AvgIpc) is 3.65. The predicted octanol–water partition coefficient (Wildman–Crippen LogP) is 14.7. The first-order valence-electron chi connectivity index (χ1n) is 20.0. The second-order valence-electron chi connectivity index (χ2n) is 14.9. The first-order chi connectivity index (χ1) is 29.2. The summed E-state index contributed by atoms with van der Waals surface area (Å²) in [6.45, 7) is 0.365. The molecule has 280 valence electrons. The van der Waals surface area contributed by atoms with Gasteiger partial charge in [-0.1, -0.05) is 176 Å². The molecule has 0 amide bonds. The van der Waals surface area contributed by atoms with E-state index in [0.29, 0.717) is 6.61 Å². The normalized spacial score (nSPS) is 11.2. The molecule has 1 N–H and O–H groups in total. The second kappa shape index (κ2) is 15.7. The molecule has 1 aromatic heterocycles. The van der Waals surface area contributed by atoms with Gasteiger partial charge in [-0.25, -0.2) is 0 Å². The Morgan fingerprint density at radius 3 is 1.41 bits per heavy atom. The van der Waals surface area contributed by atoms with Crippen LogP contribution in [0.5, 0.6) is 0 Å². The Labute approximate surface area is 344 Å². The predicted molar refractivity (Wildman–Crippen MR) is 246 cm³/mol. The van der Waals surface area contributed by atoms with E-state index < -0.39 is 0 Å². The van der Waals surface area contributed by atoms with E-state index in [1.807, 2.05) is 42.5 Å². The van der Waals surface area contributed by atoms with Crippen LogP contribution >= 0.6 is 0 Å². The standard InChI is InChI=1S/C56H40N2O/c57-56(59-38-39-14-4-1-5-15-39)44-30-28-43(29-31-44)48-20-10-12-22-50(48)51-23-13-11-21-49(51)46-33-35-55-53(37-46)52-36-45(32-34-54(52)58(55)47-18-8-3-9-19-47)42-26-24-41(25-27-42)40-16-6-2-7-17-40/h1-37,57H,38H2. The van der Waals surface area contributed by atoms with E-state index in [0.717, 1.165) is 44.6 Å². The zero-order valence-corrected chi connectivity index (χ0v) is 32.4. The van der Waals surface area contributed by atoms with Gasteiger partial charge in [-0.15, -0.1) is 0 Å². The van der Waals surface area contributed by atoms with Crippen LogP contribution in [0, 0.1) is 5.41 Å². The van der Waals surface area contributed by atoms with E-state index in [9.17, 15) is 0 Å².